The molecule has 0 atom stereocenters. The van der Waals surface area contributed by atoms with Gasteiger partial charge >= 0.3 is 11.4 Å². The topological polar surface area (TPSA) is 76.9 Å². The van der Waals surface area contributed by atoms with Crippen LogP contribution in [-0.4, -0.2) is 20.3 Å². The van der Waals surface area contributed by atoms with Crippen LogP contribution in [-0.2, 0) is 5.88 Å². The number of alkyl halides is 1. The maximum absolute atomic E-state index is 12.3. The summed E-state index contributed by atoms with van der Waals surface area (Å²) in [6.07, 6.45) is 2.82. The highest BCUT2D eigenvalue weighted by atomic mass is 35.5. The first-order valence-corrected chi connectivity index (χ1v) is 7.74. The molecule has 0 saturated carbocycles. The first-order valence-electron chi connectivity index (χ1n) is 7.21. The number of halogens is 1. The van der Waals surface area contributed by atoms with Crippen molar-refractivity contribution >= 4 is 17.5 Å². The maximum atomic E-state index is 12.3. The number of nitrogens with zero attached hydrogens (tertiary/aromatic N) is 2. The van der Waals surface area contributed by atoms with Gasteiger partial charge in [0.1, 0.15) is 0 Å². The molecule has 0 fully saturated rings. The number of H-pyrrole nitrogens is 1. The maximum Gasteiger partial charge on any atom is 0.358 e. The van der Waals surface area contributed by atoms with Gasteiger partial charge in [0.05, 0.1) is 5.69 Å². The number of carbonyl (C=O) groups excluding carboxylic acids is 1. The number of unbranched alkanes of at least 4 members (excludes halogenated alkanes) is 2. The molecular formula is C15H18ClN3O3. The van der Waals surface area contributed by atoms with Crippen LogP contribution in [0.1, 0.15) is 43.0 Å². The van der Waals surface area contributed by atoms with Crippen molar-refractivity contribution < 1.29 is 4.79 Å². The Morgan fingerprint density at radius 3 is 2.45 bits per heavy atom. The van der Waals surface area contributed by atoms with Crippen LogP contribution in [0.25, 0.3) is 5.69 Å². The summed E-state index contributed by atoms with van der Waals surface area (Å²) in [4.78, 5) is 36.2. The standard InChI is InChI=1S/C15H18ClN3O3/c1-2-3-4-5-13(20)19-15(22)18(14(21)17-19)12-8-6-11(10-16)7-9-12/h6-9H,2-5,10H2,1H3,(H,17,21). The second-order valence-corrected chi connectivity index (χ2v) is 5.29. The van der Waals surface area contributed by atoms with Crippen molar-refractivity contribution in [3.8, 4) is 5.69 Å². The molecule has 0 amide bonds. The summed E-state index contributed by atoms with van der Waals surface area (Å²) in [5, 5.41) is 2.30. The fourth-order valence-electron chi connectivity index (χ4n) is 2.15. The monoisotopic (exact) mass is 323 g/mol. The van der Waals surface area contributed by atoms with E-state index in [0.29, 0.717) is 18.0 Å². The van der Waals surface area contributed by atoms with Crippen molar-refractivity contribution in [1.82, 2.24) is 14.3 Å². The van der Waals surface area contributed by atoms with Gasteiger partial charge in [-0.25, -0.2) is 19.3 Å². The van der Waals surface area contributed by atoms with Gasteiger partial charge in [-0.05, 0) is 24.1 Å². The second kappa shape index (κ2) is 7.26. The first-order chi connectivity index (χ1) is 10.6. The van der Waals surface area contributed by atoms with Gasteiger partial charge in [0.2, 0.25) is 5.91 Å². The molecule has 0 aliphatic carbocycles. The third-order valence-corrected chi connectivity index (χ3v) is 3.69. The van der Waals surface area contributed by atoms with Crippen LogP contribution in [0.2, 0.25) is 0 Å². The number of hydrogen-bond acceptors (Lipinski definition) is 3. The van der Waals surface area contributed by atoms with E-state index in [1.807, 2.05) is 6.92 Å². The zero-order chi connectivity index (χ0) is 16.1. The van der Waals surface area contributed by atoms with Gasteiger partial charge in [0.15, 0.2) is 0 Å². The predicted octanol–water partition coefficient (Wildman–Crippen LogP) is 2.29. The van der Waals surface area contributed by atoms with E-state index in [0.717, 1.165) is 27.7 Å². The van der Waals surface area contributed by atoms with Crippen molar-refractivity contribution in [2.45, 2.75) is 38.5 Å². The number of benzene rings is 1. The second-order valence-electron chi connectivity index (χ2n) is 5.02. The van der Waals surface area contributed by atoms with E-state index in [4.69, 9.17) is 11.6 Å². The van der Waals surface area contributed by atoms with Crippen LogP contribution in [0.15, 0.2) is 33.9 Å². The van der Waals surface area contributed by atoms with Crippen LogP contribution in [0, 0.1) is 0 Å². The number of carbonyl (C=O) groups is 1. The van der Waals surface area contributed by atoms with Crippen molar-refractivity contribution in [2.24, 2.45) is 0 Å². The van der Waals surface area contributed by atoms with Gasteiger partial charge in [-0.1, -0.05) is 31.9 Å². The van der Waals surface area contributed by atoms with E-state index in [1.165, 1.54) is 0 Å². The molecule has 6 nitrogen and oxygen atoms in total. The Balaban J connectivity index is 2.32. The van der Waals surface area contributed by atoms with Gasteiger partial charge in [-0.15, -0.1) is 11.6 Å². The van der Waals surface area contributed by atoms with E-state index in [1.54, 1.807) is 24.3 Å². The number of aromatic amines is 1. The highest BCUT2D eigenvalue weighted by molar-refractivity contribution is 6.17. The van der Waals surface area contributed by atoms with E-state index in [2.05, 4.69) is 5.10 Å². The van der Waals surface area contributed by atoms with Gasteiger partial charge in [0, 0.05) is 12.3 Å². The van der Waals surface area contributed by atoms with Crippen LogP contribution in [0.5, 0.6) is 0 Å². The molecule has 1 N–H and O–H groups in total. The molecule has 22 heavy (non-hydrogen) atoms. The molecule has 2 rings (SSSR count). The Labute approximate surface area is 132 Å². The normalized spacial score (nSPS) is 10.8. The summed E-state index contributed by atoms with van der Waals surface area (Å²) in [6.45, 7) is 2.03. The Kier molecular flexibility index (Phi) is 5.38. The molecule has 0 radical (unpaired) electrons. The smallest absolute Gasteiger partial charge is 0.272 e. The van der Waals surface area contributed by atoms with Gasteiger partial charge < -0.3 is 0 Å². The molecule has 0 unspecified atom stereocenters. The lowest BCUT2D eigenvalue weighted by Crippen LogP contribution is -2.30. The summed E-state index contributed by atoms with van der Waals surface area (Å²) in [5.41, 5.74) is -0.0252. The fourth-order valence-corrected chi connectivity index (χ4v) is 2.33. The Bertz CT molecular complexity index is 756. The lowest BCUT2D eigenvalue weighted by molar-refractivity contribution is 0.0878. The number of hydrogen-bond donors (Lipinski definition) is 1. The molecule has 0 aliphatic rings. The molecule has 0 aliphatic heterocycles. The van der Waals surface area contributed by atoms with Crippen molar-refractivity contribution in [2.75, 3.05) is 0 Å². The van der Waals surface area contributed by atoms with Crippen molar-refractivity contribution in [1.29, 1.82) is 0 Å². The van der Waals surface area contributed by atoms with Gasteiger partial charge in [-0.3, -0.25) is 4.79 Å². The van der Waals surface area contributed by atoms with Crippen LogP contribution < -0.4 is 11.4 Å². The third kappa shape index (κ3) is 3.39. The molecule has 2 aromatic rings. The summed E-state index contributed by atoms with van der Waals surface area (Å²) < 4.78 is 1.73. The zero-order valence-corrected chi connectivity index (χ0v) is 13.1. The highest BCUT2D eigenvalue weighted by Crippen LogP contribution is 2.08. The van der Waals surface area contributed by atoms with E-state index < -0.39 is 17.3 Å². The minimum atomic E-state index is -0.676. The lowest BCUT2D eigenvalue weighted by atomic mass is 10.2. The fraction of sp³-hybridized carbons (Fsp3) is 0.400. The molecule has 1 aromatic heterocycles. The van der Waals surface area contributed by atoms with Crippen molar-refractivity contribution in [3.05, 3.63) is 50.8 Å². The Hall–Kier alpha value is -2.08. The molecule has 0 bridgehead atoms. The number of nitrogens with one attached hydrogen (secondary N) is 1. The molecule has 1 heterocycles. The zero-order valence-electron chi connectivity index (χ0n) is 12.3. The number of aromatic nitrogens is 3. The van der Waals surface area contributed by atoms with Gasteiger partial charge in [0.25, 0.3) is 0 Å². The van der Waals surface area contributed by atoms with Crippen LogP contribution in [0.3, 0.4) is 0 Å². The first kappa shape index (κ1) is 16.3. The molecule has 7 heteroatoms. The molecule has 1 aromatic carbocycles. The van der Waals surface area contributed by atoms with E-state index in [-0.39, 0.29) is 6.42 Å². The minimum absolute atomic E-state index is 0.235. The van der Waals surface area contributed by atoms with Gasteiger partial charge in [-0.2, -0.15) is 4.68 Å². The average Bonchev–Trinajstić information content (AvgIpc) is 2.82. The Morgan fingerprint density at radius 1 is 1.18 bits per heavy atom. The van der Waals surface area contributed by atoms with Crippen molar-refractivity contribution in [3.63, 3.8) is 0 Å². The summed E-state index contributed by atoms with van der Waals surface area (Å²) >= 11 is 5.71. The molecule has 0 saturated heterocycles. The summed E-state index contributed by atoms with van der Waals surface area (Å²) in [6, 6.07) is 6.71. The SMILES string of the molecule is CCCCCC(=O)n1[nH]c(=O)n(-c2ccc(CCl)cc2)c1=O. The lowest BCUT2D eigenvalue weighted by Gasteiger charge is -2.01. The predicted molar refractivity (Wildman–Crippen MR) is 85.0 cm³/mol. The highest BCUT2D eigenvalue weighted by Gasteiger charge is 2.15. The minimum Gasteiger partial charge on any atom is -0.272 e. The van der Waals surface area contributed by atoms with Crippen LogP contribution in [0.4, 0.5) is 0 Å². The number of rotatable bonds is 6. The quantitative estimate of drug-likeness (QED) is 0.654. The van der Waals surface area contributed by atoms with E-state index >= 15 is 0 Å². The summed E-state index contributed by atoms with van der Waals surface area (Å²) in [5.74, 6) is -0.0469. The van der Waals surface area contributed by atoms with Crippen LogP contribution >= 0.6 is 11.6 Å². The third-order valence-electron chi connectivity index (χ3n) is 3.39. The van der Waals surface area contributed by atoms with E-state index in [9.17, 15) is 14.4 Å². The summed E-state index contributed by atoms with van der Waals surface area (Å²) in [7, 11) is 0. The molecule has 118 valence electrons. The molecule has 0 spiro atoms. The Morgan fingerprint density at radius 2 is 1.86 bits per heavy atom. The molecular weight excluding hydrogens is 306 g/mol. The average molecular weight is 324 g/mol. The largest absolute Gasteiger partial charge is 0.358 e.